The number of hydrogen-bond acceptors (Lipinski definition) is 7. The van der Waals surface area contributed by atoms with Crippen LogP contribution in [0.5, 0.6) is 0 Å². The SMILES string of the molecule is Nc1ncnc2c1c(-c1ccc3[nH]c(Cc4ccccc4)nc3c1)nn2[C@H]1CC[C@H](N2CCC(O)C2)CC1. The number of nitrogens with two attached hydrogens (primary N) is 1. The number of β-amino-alcohol motifs (C(OH)–C–C–N with tert-alkyl or cyclic N) is 1. The predicted octanol–water partition coefficient (Wildman–Crippen LogP) is 4.09. The van der Waals surface area contributed by atoms with Gasteiger partial charge in [-0.1, -0.05) is 36.4 Å². The van der Waals surface area contributed by atoms with Gasteiger partial charge in [-0.15, -0.1) is 0 Å². The molecule has 0 amide bonds. The van der Waals surface area contributed by atoms with E-state index in [1.165, 1.54) is 11.9 Å². The van der Waals surface area contributed by atoms with Crippen molar-refractivity contribution in [3.63, 3.8) is 0 Å². The van der Waals surface area contributed by atoms with Gasteiger partial charge in [-0.25, -0.2) is 19.6 Å². The maximum Gasteiger partial charge on any atom is 0.164 e. The van der Waals surface area contributed by atoms with Crippen LogP contribution in [-0.2, 0) is 6.42 Å². The molecule has 0 spiro atoms. The van der Waals surface area contributed by atoms with Crippen LogP contribution in [0.2, 0.25) is 0 Å². The van der Waals surface area contributed by atoms with Gasteiger partial charge in [0.2, 0.25) is 0 Å². The summed E-state index contributed by atoms with van der Waals surface area (Å²) < 4.78 is 2.08. The summed E-state index contributed by atoms with van der Waals surface area (Å²) in [6.07, 6.45) is 7.24. The van der Waals surface area contributed by atoms with Crippen LogP contribution in [0.1, 0.15) is 49.5 Å². The van der Waals surface area contributed by atoms with Crippen LogP contribution in [0, 0.1) is 0 Å². The van der Waals surface area contributed by atoms with Gasteiger partial charge in [0.1, 0.15) is 23.7 Å². The molecule has 9 heteroatoms. The predicted molar refractivity (Wildman–Crippen MR) is 148 cm³/mol. The van der Waals surface area contributed by atoms with Gasteiger partial charge in [0.05, 0.1) is 28.6 Å². The molecule has 2 aromatic carbocycles. The Bertz CT molecular complexity index is 1580. The van der Waals surface area contributed by atoms with E-state index >= 15 is 0 Å². The van der Waals surface area contributed by atoms with Crippen molar-refractivity contribution in [1.82, 2.24) is 34.6 Å². The standard InChI is InChI=1S/C29H32N8O/c30-28-26-27(19-6-11-23-24(15-19)34-25(33-23)14-18-4-2-1-3-5-18)35-37(29(26)32-17-31-28)21-9-7-20(8-10-21)36-13-12-22(38)16-36/h1-6,11,15,17,20-22,38H,7-10,12-14,16H2,(H,33,34)(H2,30,31,32)/t20-,21-,22?. The average Bonchev–Trinajstić information content (AvgIpc) is 3.66. The lowest BCUT2D eigenvalue weighted by Gasteiger charge is -2.34. The second kappa shape index (κ2) is 9.49. The van der Waals surface area contributed by atoms with Crippen molar-refractivity contribution >= 4 is 27.9 Å². The lowest BCUT2D eigenvalue weighted by molar-refractivity contribution is 0.130. The maximum atomic E-state index is 9.96. The molecule has 194 valence electrons. The van der Waals surface area contributed by atoms with Crippen molar-refractivity contribution in [3.05, 3.63) is 66.2 Å². The molecule has 9 nitrogen and oxygen atoms in total. The topological polar surface area (TPSA) is 122 Å². The highest BCUT2D eigenvalue weighted by Gasteiger charge is 2.32. The molecule has 2 fully saturated rings. The summed E-state index contributed by atoms with van der Waals surface area (Å²) in [5.74, 6) is 1.38. The van der Waals surface area contributed by atoms with Crippen LogP contribution >= 0.6 is 0 Å². The normalized spacial score (nSPS) is 22.5. The molecule has 3 aromatic heterocycles. The smallest absolute Gasteiger partial charge is 0.164 e. The number of hydrogen-bond donors (Lipinski definition) is 3. The van der Waals surface area contributed by atoms with E-state index in [0.717, 1.165) is 90.8 Å². The van der Waals surface area contributed by atoms with Gasteiger partial charge in [-0.05, 0) is 49.8 Å². The Kier molecular flexibility index (Phi) is 5.82. The number of nitrogen functional groups attached to an aromatic ring is 1. The second-order valence-electron chi connectivity index (χ2n) is 10.7. The summed E-state index contributed by atoms with van der Waals surface area (Å²) in [4.78, 5) is 19.7. The number of anilines is 1. The molecule has 0 radical (unpaired) electrons. The molecule has 5 aromatic rings. The van der Waals surface area contributed by atoms with Crippen molar-refractivity contribution in [1.29, 1.82) is 0 Å². The van der Waals surface area contributed by atoms with Crippen LogP contribution in [0.4, 0.5) is 5.82 Å². The van der Waals surface area contributed by atoms with Crippen molar-refractivity contribution in [2.75, 3.05) is 18.8 Å². The van der Waals surface area contributed by atoms with E-state index < -0.39 is 0 Å². The van der Waals surface area contributed by atoms with Crippen molar-refractivity contribution < 1.29 is 5.11 Å². The Hall–Kier alpha value is -3.82. The van der Waals surface area contributed by atoms with Crippen LogP contribution in [-0.4, -0.2) is 65.0 Å². The van der Waals surface area contributed by atoms with E-state index in [0.29, 0.717) is 11.9 Å². The molecule has 1 saturated carbocycles. The molecule has 1 atom stereocenters. The Morgan fingerprint density at radius 2 is 1.79 bits per heavy atom. The monoisotopic (exact) mass is 508 g/mol. The minimum atomic E-state index is -0.175. The zero-order valence-electron chi connectivity index (χ0n) is 21.3. The Balaban J connectivity index is 1.20. The summed E-state index contributed by atoms with van der Waals surface area (Å²) in [7, 11) is 0. The Morgan fingerprint density at radius 1 is 0.974 bits per heavy atom. The van der Waals surface area contributed by atoms with Gasteiger partial charge in [0.15, 0.2) is 5.65 Å². The van der Waals surface area contributed by atoms with E-state index in [9.17, 15) is 5.11 Å². The molecule has 1 aliphatic heterocycles. The van der Waals surface area contributed by atoms with Crippen LogP contribution in [0.15, 0.2) is 54.9 Å². The number of aromatic amines is 1. The van der Waals surface area contributed by atoms with Gasteiger partial charge >= 0.3 is 0 Å². The first kappa shape index (κ1) is 23.3. The van der Waals surface area contributed by atoms with Crippen LogP contribution in [0.25, 0.3) is 33.3 Å². The lowest BCUT2D eigenvalue weighted by Crippen LogP contribution is -2.37. The first-order valence-electron chi connectivity index (χ1n) is 13.6. The fourth-order valence-corrected chi connectivity index (χ4v) is 6.30. The number of likely N-dealkylation sites (tertiary alicyclic amines) is 1. The highest BCUT2D eigenvalue weighted by Crippen LogP contribution is 2.38. The number of nitrogens with zero attached hydrogens (tertiary/aromatic N) is 6. The molecule has 38 heavy (non-hydrogen) atoms. The third-order valence-corrected chi connectivity index (χ3v) is 8.26. The molecule has 0 bridgehead atoms. The van der Waals surface area contributed by atoms with Crippen LogP contribution < -0.4 is 5.73 Å². The van der Waals surface area contributed by atoms with E-state index in [2.05, 4.69) is 54.9 Å². The first-order valence-corrected chi connectivity index (χ1v) is 13.6. The fraction of sp³-hybridized carbons (Fsp3) is 0.379. The summed E-state index contributed by atoms with van der Waals surface area (Å²) in [6.45, 7) is 1.80. The van der Waals surface area contributed by atoms with E-state index in [-0.39, 0.29) is 12.1 Å². The van der Waals surface area contributed by atoms with Gasteiger partial charge in [0, 0.05) is 31.1 Å². The van der Waals surface area contributed by atoms with Crippen LogP contribution in [0.3, 0.4) is 0 Å². The number of H-pyrrole nitrogens is 1. The highest BCUT2D eigenvalue weighted by atomic mass is 16.3. The average molecular weight is 509 g/mol. The van der Waals surface area contributed by atoms with Crippen molar-refractivity contribution in [3.8, 4) is 11.3 Å². The van der Waals surface area contributed by atoms with Crippen molar-refractivity contribution in [2.24, 2.45) is 0 Å². The molecule has 7 rings (SSSR count). The number of imidazole rings is 1. The quantitative estimate of drug-likeness (QED) is 0.327. The fourth-order valence-electron chi connectivity index (χ4n) is 6.30. The minimum absolute atomic E-state index is 0.175. The van der Waals surface area contributed by atoms with Gasteiger partial charge < -0.3 is 15.8 Å². The summed E-state index contributed by atoms with van der Waals surface area (Å²) >= 11 is 0. The number of fused-ring (bicyclic) bond motifs is 2. The van der Waals surface area contributed by atoms with Gasteiger partial charge in [-0.2, -0.15) is 5.10 Å². The van der Waals surface area contributed by atoms with E-state index in [1.807, 2.05) is 18.2 Å². The zero-order valence-corrected chi connectivity index (χ0v) is 21.3. The number of aliphatic hydroxyl groups excluding tert-OH is 1. The maximum absolute atomic E-state index is 9.96. The number of aliphatic hydroxyl groups is 1. The van der Waals surface area contributed by atoms with Crippen molar-refractivity contribution in [2.45, 2.75) is 56.7 Å². The zero-order chi connectivity index (χ0) is 25.6. The molecule has 1 aliphatic carbocycles. The molecule has 1 unspecified atom stereocenters. The number of rotatable bonds is 5. The molecule has 4 N–H and O–H groups in total. The Labute approximate surface area is 220 Å². The Morgan fingerprint density at radius 3 is 2.58 bits per heavy atom. The lowest BCUT2D eigenvalue weighted by atomic mass is 9.90. The number of nitrogens with one attached hydrogen (secondary N) is 1. The minimum Gasteiger partial charge on any atom is -0.392 e. The molecular formula is C29H32N8O. The number of benzene rings is 2. The summed E-state index contributed by atoms with van der Waals surface area (Å²) in [5.41, 5.74) is 12.1. The summed E-state index contributed by atoms with van der Waals surface area (Å²) in [6, 6.07) is 17.4. The van der Waals surface area contributed by atoms with Gasteiger partial charge in [0.25, 0.3) is 0 Å². The molecule has 1 saturated heterocycles. The molecule has 4 heterocycles. The molecular weight excluding hydrogens is 476 g/mol. The first-order chi connectivity index (χ1) is 18.6. The van der Waals surface area contributed by atoms with Gasteiger partial charge in [-0.3, -0.25) is 4.90 Å². The second-order valence-corrected chi connectivity index (χ2v) is 10.7. The van der Waals surface area contributed by atoms with E-state index in [4.69, 9.17) is 15.8 Å². The summed E-state index contributed by atoms with van der Waals surface area (Å²) in [5, 5.41) is 15.9. The largest absolute Gasteiger partial charge is 0.392 e. The number of aromatic nitrogens is 6. The third kappa shape index (κ3) is 4.21. The van der Waals surface area contributed by atoms with E-state index in [1.54, 1.807) is 0 Å². The molecule has 2 aliphatic rings. The third-order valence-electron chi connectivity index (χ3n) is 8.26. The highest BCUT2D eigenvalue weighted by molar-refractivity contribution is 5.99.